The van der Waals surface area contributed by atoms with Crippen molar-refractivity contribution in [3.8, 4) is 0 Å². The first-order valence-electron chi connectivity index (χ1n) is 5.95. The summed E-state index contributed by atoms with van der Waals surface area (Å²) >= 11 is 0. The van der Waals surface area contributed by atoms with Crippen molar-refractivity contribution < 1.29 is 9.90 Å². The van der Waals surface area contributed by atoms with Crippen LogP contribution < -0.4 is 0 Å². The van der Waals surface area contributed by atoms with E-state index in [4.69, 9.17) is 5.11 Å². The molecule has 3 nitrogen and oxygen atoms in total. The van der Waals surface area contributed by atoms with Crippen LogP contribution >= 0.6 is 0 Å². The van der Waals surface area contributed by atoms with E-state index < -0.39 is 5.97 Å². The third-order valence-electron chi connectivity index (χ3n) is 3.62. The Morgan fingerprint density at radius 3 is 2.60 bits per heavy atom. The van der Waals surface area contributed by atoms with Crippen LogP contribution in [0.5, 0.6) is 0 Å². The van der Waals surface area contributed by atoms with Crippen molar-refractivity contribution in [2.24, 2.45) is 11.8 Å². The number of nitrogens with zero attached hydrogens (tertiary/aromatic N) is 1. The fourth-order valence-electron chi connectivity index (χ4n) is 2.60. The van der Waals surface area contributed by atoms with Crippen LogP contribution in [0, 0.1) is 11.8 Å². The van der Waals surface area contributed by atoms with Gasteiger partial charge in [-0.25, -0.2) is 0 Å². The molecule has 88 valence electrons. The van der Waals surface area contributed by atoms with Crippen molar-refractivity contribution in [3.05, 3.63) is 0 Å². The van der Waals surface area contributed by atoms with Crippen molar-refractivity contribution in [1.82, 2.24) is 4.90 Å². The third-order valence-corrected chi connectivity index (χ3v) is 3.62. The molecule has 3 heteroatoms. The van der Waals surface area contributed by atoms with Gasteiger partial charge in [0.2, 0.25) is 0 Å². The van der Waals surface area contributed by atoms with Crippen LogP contribution in [0.1, 0.15) is 39.5 Å². The molecule has 1 rings (SSSR count). The molecule has 0 heterocycles. The molecule has 3 unspecified atom stereocenters. The van der Waals surface area contributed by atoms with Crippen molar-refractivity contribution >= 4 is 5.97 Å². The van der Waals surface area contributed by atoms with Crippen molar-refractivity contribution in [2.45, 2.75) is 45.6 Å². The number of carboxylic acid groups (broad SMARTS) is 1. The Kier molecular flexibility index (Phi) is 4.58. The van der Waals surface area contributed by atoms with Gasteiger partial charge in [0, 0.05) is 12.6 Å². The minimum atomic E-state index is -0.690. The minimum absolute atomic E-state index is 0.260. The fourth-order valence-corrected chi connectivity index (χ4v) is 2.60. The van der Waals surface area contributed by atoms with Gasteiger partial charge in [-0.1, -0.05) is 26.7 Å². The Labute approximate surface area is 92.5 Å². The molecular formula is C12H23NO2. The van der Waals surface area contributed by atoms with Gasteiger partial charge in [0.1, 0.15) is 0 Å². The van der Waals surface area contributed by atoms with Gasteiger partial charge in [-0.3, -0.25) is 4.79 Å². The van der Waals surface area contributed by atoms with Gasteiger partial charge in [-0.05, 0) is 25.8 Å². The summed E-state index contributed by atoms with van der Waals surface area (Å²) in [7, 11) is 2.06. The highest BCUT2D eigenvalue weighted by molar-refractivity contribution is 5.69. The molecule has 0 aromatic heterocycles. The summed E-state index contributed by atoms with van der Waals surface area (Å²) in [5.41, 5.74) is 0. The molecule has 0 radical (unpaired) electrons. The van der Waals surface area contributed by atoms with Crippen LogP contribution in [0.4, 0.5) is 0 Å². The van der Waals surface area contributed by atoms with E-state index >= 15 is 0 Å². The highest BCUT2D eigenvalue weighted by atomic mass is 16.4. The van der Waals surface area contributed by atoms with Crippen LogP contribution in [0.3, 0.4) is 0 Å². The summed E-state index contributed by atoms with van der Waals surface area (Å²) in [6.07, 6.45) is 5.14. The van der Waals surface area contributed by atoms with Gasteiger partial charge in [0.25, 0.3) is 0 Å². The molecule has 1 aliphatic rings. The maximum Gasteiger partial charge on any atom is 0.307 e. The molecule has 15 heavy (non-hydrogen) atoms. The van der Waals surface area contributed by atoms with Crippen LogP contribution in [0.25, 0.3) is 0 Å². The molecular weight excluding hydrogens is 190 g/mol. The maximum absolute atomic E-state index is 10.8. The van der Waals surface area contributed by atoms with Crippen molar-refractivity contribution in [3.63, 3.8) is 0 Å². The lowest BCUT2D eigenvalue weighted by atomic mass is 9.85. The van der Waals surface area contributed by atoms with Crippen molar-refractivity contribution in [2.75, 3.05) is 13.6 Å². The second kappa shape index (κ2) is 5.50. The van der Waals surface area contributed by atoms with E-state index in [0.717, 1.165) is 0 Å². The molecule has 1 N–H and O–H groups in total. The van der Waals surface area contributed by atoms with E-state index in [0.29, 0.717) is 18.5 Å². The van der Waals surface area contributed by atoms with Crippen LogP contribution in [0.2, 0.25) is 0 Å². The average Bonchev–Trinajstić information content (AvgIpc) is 2.18. The van der Waals surface area contributed by atoms with E-state index in [1.165, 1.54) is 25.7 Å². The highest BCUT2D eigenvalue weighted by Crippen LogP contribution is 2.27. The number of hydrogen-bond donors (Lipinski definition) is 1. The second-order valence-electron chi connectivity index (χ2n) is 5.01. The lowest BCUT2D eigenvalue weighted by Gasteiger charge is -2.37. The summed E-state index contributed by atoms with van der Waals surface area (Å²) in [5, 5.41) is 8.87. The standard InChI is InChI=1S/C12H23NO2/c1-9-6-4-5-7-11(9)13(3)8-10(2)12(14)15/h9-11H,4-8H2,1-3H3,(H,14,15). The van der Waals surface area contributed by atoms with E-state index in [1.807, 2.05) is 0 Å². The Bertz CT molecular complexity index is 218. The van der Waals surface area contributed by atoms with Gasteiger partial charge >= 0.3 is 5.97 Å². The summed E-state index contributed by atoms with van der Waals surface area (Å²) in [4.78, 5) is 13.0. The Balaban J connectivity index is 2.44. The minimum Gasteiger partial charge on any atom is -0.481 e. The van der Waals surface area contributed by atoms with E-state index in [9.17, 15) is 4.79 Å². The van der Waals surface area contributed by atoms with Gasteiger partial charge in [0.05, 0.1) is 5.92 Å². The zero-order valence-corrected chi connectivity index (χ0v) is 10.1. The number of hydrogen-bond acceptors (Lipinski definition) is 2. The smallest absolute Gasteiger partial charge is 0.307 e. The zero-order valence-electron chi connectivity index (χ0n) is 10.1. The SMILES string of the molecule is CC(CN(C)C1CCCCC1C)C(=O)O. The second-order valence-corrected chi connectivity index (χ2v) is 5.01. The fraction of sp³-hybridized carbons (Fsp3) is 0.917. The van der Waals surface area contributed by atoms with Gasteiger partial charge in [0.15, 0.2) is 0 Å². The van der Waals surface area contributed by atoms with Gasteiger partial charge in [-0.2, -0.15) is 0 Å². The molecule has 1 aliphatic carbocycles. The number of carbonyl (C=O) groups is 1. The van der Waals surface area contributed by atoms with Crippen molar-refractivity contribution in [1.29, 1.82) is 0 Å². The summed E-state index contributed by atoms with van der Waals surface area (Å²) in [6, 6.07) is 0.584. The van der Waals surface area contributed by atoms with E-state index in [2.05, 4.69) is 18.9 Å². The molecule has 0 aromatic carbocycles. The van der Waals surface area contributed by atoms with Crippen LogP contribution in [-0.4, -0.2) is 35.6 Å². The lowest BCUT2D eigenvalue weighted by Crippen LogP contribution is -2.42. The zero-order chi connectivity index (χ0) is 11.4. The summed E-state index contributed by atoms with van der Waals surface area (Å²) in [5.74, 6) is -0.237. The first kappa shape index (κ1) is 12.5. The summed E-state index contributed by atoms with van der Waals surface area (Å²) < 4.78 is 0. The molecule has 3 atom stereocenters. The highest BCUT2D eigenvalue weighted by Gasteiger charge is 2.26. The molecule has 0 spiro atoms. The topological polar surface area (TPSA) is 40.5 Å². The molecule has 0 amide bonds. The molecule has 0 saturated heterocycles. The lowest BCUT2D eigenvalue weighted by molar-refractivity contribution is -0.141. The number of carboxylic acids is 1. The van der Waals surface area contributed by atoms with Crippen LogP contribution in [-0.2, 0) is 4.79 Å². The molecule has 0 aromatic rings. The van der Waals surface area contributed by atoms with Crippen LogP contribution in [0.15, 0.2) is 0 Å². The predicted octanol–water partition coefficient (Wildman–Crippen LogP) is 2.22. The Hall–Kier alpha value is -0.570. The maximum atomic E-state index is 10.8. The quantitative estimate of drug-likeness (QED) is 0.778. The first-order chi connectivity index (χ1) is 7.02. The van der Waals surface area contributed by atoms with Gasteiger partial charge in [-0.15, -0.1) is 0 Å². The number of rotatable bonds is 4. The Morgan fingerprint density at radius 2 is 2.07 bits per heavy atom. The molecule has 1 saturated carbocycles. The third kappa shape index (κ3) is 3.49. The predicted molar refractivity (Wildman–Crippen MR) is 60.8 cm³/mol. The molecule has 1 fully saturated rings. The molecule has 0 bridgehead atoms. The number of aliphatic carboxylic acids is 1. The Morgan fingerprint density at radius 1 is 1.47 bits per heavy atom. The normalized spacial score (nSPS) is 29.1. The van der Waals surface area contributed by atoms with E-state index in [1.54, 1.807) is 6.92 Å². The average molecular weight is 213 g/mol. The monoisotopic (exact) mass is 213 g/mol. The largest absolute Gasteiger partial charge is 0.481 e. The molecule has 0 aliphatic heterocycles. The van der Waals surface area contributed by atoms with Gasteiger partial charge < -0.3 is 10.0 Å². The van der Waals surface area contributed by atoms with E-state index in [-0.39, 0.29) is 5.92 Å². The summed E-state index contributed by atoms with van der Waals surface area (Å²) in [6.45, 7) is 4.74. The first-order valence-corrected chi connectivity index (χ1v) is 5.95.